The van der Waals surface area contributed by atoms with Crippen LogP contribution in [0.1, 0.15) is 5.56 Å². The summed E-state index contributed by atoms with van der Waals surface area (Å²) in [4.78, 5) is 1.14. The summed E-state index contributed by atoms with van der Waals surface area (Å²) in [6.45, 7) is 0. The zero-order chi connectivity index (χ0) is 11.9. The van der Waals surface area contributed by atoms with Crippen molar-refractivity contribution in [2.75, 3.05) is 11.5 Å². The van der Waals surface area contributed by atoms with Gasteiger partial charge in [0.1, 0.15) is 0 Å². The molecule has 0 atom stereocenters. The third-order valence-corrected chi connectivity index (χ3v) is 3.41. The first-order valence-corrected chi connectivity index (χ1v) is 6.54. The van der Waals surface area contributed by atoms with Crippen LogP contribution in [0.3, 0.4) is 0 Å². The minimum Gasteiger partial charge on any atom is -0.398 e. The van der Waals surface area contributed by atoms with Crippen LogP contribution in [0.5, 0.6) is 0 Å². The van der Waals surface area contributed by atoms with Crippen LogP contribution in [-0.4, -0.2) is 5.75 Å². The Morgan fingerprint density at radius 3 is 2.41 bits per heavy atom. The Labute approximate surface area is 106 Å². The lowest BCUT2D eigenvalue weighted by molar-refractivity contribution is 1.46. The number of hydrogen-bond donors (Lipinski definition) is 1. The van der Waals surface area contributed by atoms with Gasteiger partial charge < -0.3 is 5.73 Å². The van der Waals surface area contributed by atoms with E-state index in [4.69, 9.17) is 5.73 Å². The lowest BCUT2D eigenvalue weighted by Gasteiger charge is -2.01. The van der Waals surface area contributed by atoms with Gasteiger partial charge in [0.05, 0.1) is 0 Å². The maximum atomic E-state index is 5.87. The summed E-state index contributed by atoms with van der Waals surface area (Å²) in [5, 5.41) is 0. The molecule has 0 saturated heterocycles. The Kier molecular flexibility index (Phi) is 4.28. The number of para-hydroxylation sites is 1. The fourth-order valence-electron chi connectivity index (χ4n) is 1.50. The number of thioether (sulfide) groups is 1. The molecule has 2 rings (SSSR count). The standard InChI is InChI=1S/C15H15NS/c16-14-10-4-5-11-15(14)17-12-6-9-13-7-2-1-3-8-13/h1-11H,12,16H2/b9-6+. The highest BCUT2D eigenvalue weighted by Gasteiger charge is 1.95. The van der Waals surface area contributed by atoms with Gasteiger partial charge in [-0.25, -0.2) is 0 Å². The van der Waals surface area contributed by atoms with Crippen molar-refractivity contribution in [3.63, 3.8) is 0 Å². The van der Waals surface area contributed by atoms with Crippen LogP contribution < -0.4 is 5.73 Å². The molecule has 0 aromatic heterocycles. The Morgan fingerprint density at radius 1 is 0.941 bits per heavy atom. The topological polar surface area (TPSA) is 26.0 Å². The van der Waals surface area contributed by atoms with E-state index < -0.39 is 0 Å². The van der Waals surface area contributed by atoms with E-state index in [0.717, 1.165) is 16.3 Å². The van der Waals surface area contributed by atoms with Crippen LogP contribution in [-0.2, 0) is 0 Å². The fraction of sp³-hybridized carbons (Fsp3) is 0.0667. The molecule has 0 fully saturated rings. The zero-order valence-electron chi connectivity index (χ0n) is 9.54. The molecule has 0 spiro atoms. The molecule has 0 aliphatic heterocycles. The van der Waals surface area contributed by atoms with Crippen LogP contribution in [0.2, 0.25) is 0 Å². The molecular formula is C15H15NS. The summed E-state index contributed by atoms with van der Waals surface area (Å²) in [5.74, 6) is 0.934. The smallest absolute Gasteiger partial charge is 0.0452 e. The zero-order valence-corrected chi connectivity index (χ0v) is 10.4. The van der Waals surface area contributed by atoms with E-state index in [1.165, 1.54) is 5.56 Å². The van der Waals surface area contributed by atoms with E-state index in [-0.39, 0.29) is 0 Å². The predicted octanol–water partition coefficient (Wildman–Crippen LogP) is 4.07. The molecule has 2 aromatic carbocycles. The van der Waals surface area contributed by atoms with Crippen molar-refractivity contribution in [2.45, 2.75) is 4.90 Å². The van der Waals surface area contributed by atoms with Crippen LogP contribution >= 0.6 is 11.8 Å². The van der Waals surface area contributed by atoms with Gasteiger partial charge in [-0.3, -0.25) is 0 Å². The second-order valence-corrected chi connectivity index (χ2v) is 4.72. The van der Waals surface area contributed by atoms with E-state index >= 15 is 0 Å². The van der Waals surface area contributed by atoms with Crippen molar-refractivity contribution in [1.29, 1.82) is 0 Å². The highest BCUT2D eigenvalue weighted by atomic mass is 32.2. The molecular weight excluding hydrogens is 226 g/mol. The molecule has 0 saturated carbocycles. The monoisotopic (exact) mass is 241 g/mol. The van der Waals surface area contributed by atoms with Gasteiger partial charge in [-0.1, -0.05) is 54.6 Å². The molecule has 17 heavy (non-hydrogen) atoms. The first kappa shape index (κ1) is 11.8. The van der Waals surface area contributed by atoms with Gasteiger partial charge in [-0.05, 0) is 17.7 Å². The number of anilines is 1. The van der Waals surface area contributed by atoms with Crippen molar-refractivity contribution in [3.05, 3.63) is 66.2 Å². The Bertz CT molecular complexity index is 491. The molecule has 86 valence electrons. The van der Waals surface area contributed by atoms with E-state index in [1.54, 1.807) is 11.8 Å². The molecule has 0 radical (unpaired) electrons. The molecule has 0 heterocycles. The van der Waals surface area contributed by atoms with Crippen LogP contribution in [0.25, 0.3) is 6.08 Å². The SMILES string of the molecule is Nc1ccccc1SC/C=C/c1ccccc1. The van der Waals surface area contributed by atoms with Gasteiger partial charge in [-0.2, -0.15) is 0 Å². The number of nitrogen functional groups attached to an aromatic ring is 1. The molecule has 2 N–H and O–H groups in total. The van der Waals surface area contributed by atoms with Crippen LogP contribution in [0.15, 0.2) is 65.6 Å². The van der Waals surface area contributed by atoms with Gasteiger partial charge in [0.2, 0.25) is 0 Å². The van der Waals surface area contributed by atoms with E-state index in [2.05, 4.69) is 30.4 Å². The molecule has 2 heteroatoms. The van der Waals surface area contributed by atoms with Gasteiger partial charge in [-0.15, -0.1) is 11.8 Å². The minimum absolute atomic E-state index is 0.852. The van der Waals surface area contributed by atoms with Crippen molar-refractivity contribution in [1.82, 2.24) is 0 Å². The number of rotatable bonds is 4. The largest absolute Gasteiger partial charge is 0.398 e. The molecule has 0 aliphatic rings. The normalized spacial score (nSPS) is 10.8. The molecule has 1 nitrogen and oxygen atoms in total. The molecule has 0 unspecified atom stereocenters. The Balaban J connectivity index is 1.88. The van der Waals surface area contributed by atoms with Gasteiger partial charge >= 0.3 is 0 Å². The highest BCUT2D eigenvalue weighted by Crippen LogP contribution is 2.24. The van der Waals surface area contributed by atoms with E-state index in [9.17, 15) is 0 Å². The van der Waals surface area contributed by atoms with Crippen LogP contribution in [0.4, 0.5) is 5.69 Å². The quantitative estimate of drug-likeness (QED) is 0.645. The number of hydrogen-bond acceptors (Lipinski definition) is 2. The summed E-state index contributed by atoms with van der Waals surface area (Å²) in [5.41, 5.74) is 7.95. The number of benzene rings is 2. The molecule has 0 aliphatic carbocycles. The summed E-state index contributed by atoms with van der Waals surface area (Å²) in [7, 11) is 0. The van der Waals surface area contributed by atoms with Crippen molar-refractivity contribution in [3.8, 4) is 0 Å². The van der Waals surface area contributed by atoms with E-state index in [0.29, 0.717) is 0 Å². The summed E-state index contributed by atoms with van der Waals surface area (Å²) >= 11 is 1.75. The maximum Gasteiger partial charge on any atom is 0.0452 e. The number of nitrogens with two attached hydrogens (primary N) is 1. The molecule has 0 bridgehead atoms. The van der Waals surface area contributed by atoms with Gasteiger partial charge in [0.15, 0.2) is 0 Å². The summed E-state index contributed by atoms with van der Waals surface area (Å²) < 4.78 is 0. The van der Waals surface area contributed by atoms with Crippen LogP contribution in [0, 0.1) is 0 Å². The molecule has 2 aromatic rings. The van der Waals surface area contributed by atoms with E-state index in [1.807, 2.05) is 36.4 Å². The highest BCUT2D eigenvalue weighted by molar-refractivity contribution is 7.99. The first-order valence-electron chi connectivity index (χ1n) is 5.55. The van der Waals surface area contributed by atoms with Crippen molar-refractivity contribution in [2.24, 2.45) is 0 Å². The average Bonchev–Trinajstić information content (AvgIpc) is 2.38. The summed E-state index contributed by atoms with van der Waals surface area (Å²) in [6.07, 6.45) is 4.29. The Hall–Kier alpha value is -1.67. The molecule has 0 amide bonds. The lowest BCUT2D eigenvalue weighted by atomic mass is 10.2. The minimum atomic E-state index is 0.852. The fourth-order valence-corrected chi connectivity index (χ4v) is 2.28. The predicted molar refractivity (Wildman–Crippen MR) is 77.1 cm³/mol. The van der Waals surface area contributed by atoms with Gasteiger partial charge in [0.25, 0.3) is 0 Å². The Morgan fingerprint density at radius 2 is 1.65 bits per heavy atom. The average molecular weight is 241 g/mol. The van der Waals surface area contributed by atoms with Gasteiger partial charge in [0, 0.05) is 16.3 Å². The third-order valence-electron chi connectivity index (χ3n) is 2.36. The lowest BCUT2D eigenvalue weighted by Crippen LogP contribution is -1.87. The summed E-state index contributed by atoms with van der Waals surface area (Å²) in [6, 6.07) is 18.3. The maximum absolute atomic E-state index is 5.87. The van der Waals surface area contributed by atoms with Crippen molar-refractivity contribution < 1.29 is 0 Å². The first-order chi connectivity index (χ1) is 8.36. The van der Waals surface area contributed by atoms with Crippen molar-refractivity contribution >= 4 is 23.5 Å². The third kappa shape index (κ3) is 3.68. The second kappa shape index (κ2) is 6.16. The second-order valence-electron chi connectivity index (χ2n) is 3.66.